The van der Waals surface area contributed by atoms with E-state index < -0.39 is 17.9 Å². The molecule has 1 aromatic carbocycles. The molecular weight excluding hydrogens is 484 g/mol. The third kappa shape index (κ3) is 13.9. The molecular formula is C35H60O4. The first-order chi connectivity index (χ1) is 18.3. The number of hydrogen-bond acceptors (Lipinski definition) is 4. The Kier molecular flexibility index (Phi) is 16.0. The molecule has 1 aromatic rings. The van der Waals surface area contributed by atoms with Gasteiger partial charge >= 0.3 is 11.9 Å². The average molecular weight is 545 g/mol. The largest absolute Gasteiger partial charge is 0.507 e. The number of phenolic OH excluding ortho intramolecular Hbond substituents is 1. The Bertz CT molecular complexity index is 821. The average Bonchev–Trinajstić information content (AvgIpc) is 2.84. The number of ether oxygens (including phenoxy) is 1. The topological polar surface area (TPSA) is 63.6 Å². The van der Waals surface area contributed by atoms with Gasteiger partial charge in [-0.15, -0.1) is 0 Å². The lowest BCUT2D eigenvalue weighted by molar-refractivity contribution is -0.160. The standard InChI is InChI=1S/C35H60O4/c1-9-10-11-12-13-14-15-16-17-18-19-20-21-22-23-24-31(36)39-33(38)27(2)28-25-29(34(3,4)5)32(37)30(26-28)35(6,7)8/h25-27,37H,9-24H2,1-8H3. The van der Waals surface area contributed by atoms with E-state index >= 15 is 0 Å². The van der Waals surface area contributed by atoms with E-state index in [-0.39, 0.29) is 23.0 Å². The molecule has 224 valence electrons. The summed E-state index contributed by atoms with van der Waals surface area (Å²) in [6.07, 6.45) is 19.4. The van der Waals surface area contributed by atoms with E-state index in [1.165, 1.54) is 77.0 Å². The van der Waals surface area contributed by atoms with E-state index in [4.69, 9.17) is 4.74 Å². The number of esters is 2. The molecule has 0 aliphatic heterocycles. The lowest BCUT2D eigenvalue weighted by atomic mass is 9.77. The van der Waals surface area contributed by atoms with Crippen molar-refractivity contribution in [2.24, 2.45) is 0 Å². The first-order valence-electron chi connectivity index (χ1n) is 15.9. The smallest absolute Gasteiger partial charge is 0.320 e. The van der Waals surface area contributed by atoms with Crippen LogP contribution in [0.2, 0.25) is 0 Å². The second kappa shape index (κ2) is 17.8. The van der Waals surface area contributed by atoms with Crippen molar-refractivity contribution < 1.29 is 19.4 Å². The Hall–Kier alpha value is -1.84. The SMILES string of the molecule is CCCCCCCCCCCCCCCCCC(=O)OC(=O)C(C)c1cc(C(C)(C)C)c(O)c(C(C)(C)C)c1. The van der Waals surface area contributed by atoms with E-state index in [1.807, 2.05) is 53.7 Å². The highest BCUT2D eigenvalue weighted by Gasteiger charge is 2.29. The molecule has 0 heterocycles. The van der Waals surface area contributed by atoms with Gasteiger partial charge in [0, 0.05) is 6.42 Å². The molecule has 0 aliphatic rings. The predicted octanol–water partition coefficient (Wildman–Crippen LogP) is 10.4. The van der Waals surface area contributed by atoms with Crippen LogP contribution in [0.25, 0.3) is 0 Å². The fourth-order valence-corrected chi connectivity index (χ4v) is 5.08. The Balaban J connectivity index is 2.34. The van der Waals surface area contributed by atoms with Gasteiger partial charge in [-0.25, -0.2) is 0 Å². The molecule has 0 amide bonds. The third-order valence-corrected chi connectivity index (χ3v) is 7.80. The highest BCUT2D eigenvalue weighted by atomic mass is 16.6. The quantitative estimate of drug-likeness (QED) is 0.113. The van der Waals surface area contributed by atoms with Crippen molar-refractivity contribution in [3.63, 3.8) is 0 Å². The van der Waals surface area contributed by atoms with Crippen LogP contribution < -0.4 is 0 Å². The van der Waals surface area contributed by atoms with Crippen molar-refractivity contribution in [2.45, 2.75) is 175 Å². The van der Waals surface area contributed by atoms with Crippen LogP contribution >= 0.6 is 0 Å². The zero-order valence-electron chi connectivity index (χ0n) is 26.7. The summed E-state index contributed by atoms with van der Waals surface area (Å²) < 4.78 is 5.23. The Morgan fingerprint density at radius 3 is 1.41 bits per heavy atom. The summed E-state index contributed by atoms with van der Waals surface area (Å²) in [4.78, 5) is 25.2. The van der Waals surface area contributed by atoms with Gasteiger partial charge in [-0.05, 0) is 40.9 Å². The molecule has 0 saturated heterocycles. The fraction of sp³-hybridized carbons (Fsp3) is 0.771. The van der Waals surface area contributed by atoms with Crippen molar-refractivity contribution in [1.29, 1.82) is 0 Å². The van der Waals surface area contributed by atoms with Gasteiger partial charge in [-0.1, -0.05) is 150 Å². The summed E-state index contributed by atoms with van der Waals surface area (Å²) in [7, 11) is 0. The summed E-state index contributed by atoms with van der Waals surface area (Å²) in [5.41, 5.74) is 1.80. The molecule has 0 saturated carbocycles. The van der Waals surface area contributed by atoms with Crippen molar-refractivity contribution in [3.05, 3.63) is 28.8 Å². The molecule has 4 heteroatoms. The highest BCUT2D eigenvalue weighted by molar-refractivity contribution is 5.89. The maximum Gasteiger partial charge on any atom is 0.320 e. The molecule has 0 radical (unpaired) electrons. The van der Waals surface area contributed by atoms with Crippen LogP contribution in [0.3, 0.4) is 0 Å². The number of carbonyl (C=O) groups excluding carboxylic acids is 2. The molecule has 1 rings (SSSR count). The Labute approximate surface area is 240 Å². The number of carbonyl (C=O) groups is 2. The zero-order valence-corrected chi connectivity index (χ0v) is 26.7. The van der Waals surface area contributed by atoms with Crippen LogP contribution in [0.5, 0.6) is 5.75 Å². The first kappa shape index (κ1) is 35.2. The van der Waals surface area contributed by atoms with Gasteiger partial charge in [0.05, 0.1) is 5.92 Å². The van der Waals surface area contributed by atoms with Crippen LogP contribution in [-0.4, -0.2) is 17.0 Å². The van der Waals surface area contributed by atoms with Crippen molar-refractivity contribution >= 4 is 11.9 Å². The van der Waals surface area contributed by atoms with E-state index in [9.17, 15) is 14.7 Å². The summed E-state index contributed by atoms with van der Waals surface area (Å²) in [6.45, 7) is 16.3. The number of benzene rings is 1. The highest BCUT2D eigenvalue weighted by Crippen LogP contribution is 2.41. The number of phenols is 1. The maximum atomic E-state index is 12.8. The minimum Gasteiger partial charge on any atom is -0.507 e. The number of hydrogen-bond donors (Lipinski definition) is 1. The van der Waals surface area contributed by atoms with Gasteiger partial charge in [0.25, 0.3) is 0 Å². The summed E-state index contributed by atoms with van der Waals surface area (Å²) in [6, 6.07) is 3.77. The fourth-order valence-electron chi connectivity index (χ4n) is 5.08. The van der Waals surface area contributed by atoms with Gasteiger partial charge in [0.2, 0.25) is 0 Å². The van der Waals surface area contributed by atoms with E-state index in [0.29, 0.717) is 0 Å². The molecule has 0 aromatic heterocycles. The molecule has 0 bridgehead atoms. The van der Waals surface area contributed by atoms with Crippen LogP contribution in [0, 0.1) is 0 Å². The Morgan fingerprint density at radius 1 is 0.692 bits per heavy atom. The second-order valence-electron chi connectivity index (χ2n) is 13.7. The van der Waals surface area contributed by atoms with Gasteiger partial charge in [-0.3, -0.25) is 9.59 Å². The molecule has 1 N–H and O–H groups in total. The van der Waals surface area contributed by atoms with E-state index in [1.54, 1.807) is 6.92 Å². The van der Waals surface area contributed by atoms with Crippen molar-refractivity contribution in [1.82, 2.24) is 0 Å². The third-order valence-electron chi connectivity index (χ3n) is 7.80. The number of aromatic hydroxyl groups is 1. The van der Waals surface area contributed by atoms with Gasteiger partial charge in [0.15, 0.2) is 0 Å². The lowest BCUT2D eigenvalue weighted by Gasteiger charge is -2.29. The van der Waals surface area contributed by atoms with Crippen LogP contribution in [0.15, 0.2) is 12.1 Å². The summed E-state index contributed by atoms with van der Waals surface area (Å²) in [5, 5.41) is 10.9. The molecule has 39 heavy (non-hydrogen) atoms. The summed E-state index contributed by atoms with van der Waals surface area (Å²) >= 11 is 0. The second-order valence-corrected chi connectivity index (χ2v) is 13.7. The molecule has 1 atom stereocenters. The summed E-state index contributed by atoms with van der Waals surface area (Å²) in [5.74, 6) is -1.26. The van der Waals surface area contributed by atoms with Crippen molar-refractivity contribution in [3.8, 4) is 5.75 Å². The van der Waals surface area contributed by atoms with Crippen LogP contribution in [-0.2, 0) is 25.2 Å². The normalized spacial score (nSPS) is 12.9. The number of unbranched alkanes of at least 4 members (excludes halogenated alkanes) is 14. The van der Waals surface area contributed by atoms with Crippen molar-refractivity contribution in [2.75, 3.05) is 0 Å². The van der Waals surface area contributed by atoms with Crippen LogP contribution in [0.4, 0.5) is 0 Å². The first-order valence-corrected chi connectivity index (χ1v) is 15.9. The van der Waals surface area contributed by atoms with Crippen LogP contribution in [0.1, 0.15) is 181 Å². The minimum atomic E-state index is -0.585. The zero-order chi connectivity index (χ0) is 29.5. The molecule has 1 unspecified atom stereocenters. The molecule has 0 fully saturated rings. The van der Waals surface area contributed by atoms with E-state index in [0.717, 1.165) is 36.0 Å². The van der Waals surface area contributed by atoms with Gasteiger partial charge in [0.1, 0.15) is 5.75 Å². The van der Waals surface area contributed by atoms with Gasteiger partial charge in [-0.2, -0.15) is 0 Å². The van der Waals surface area contributed by atoms with E-state index in [2.05, 4.69) is 6.92 Å². The minimum absolute atomic E-state index is 0.281. The molecule has 4 nitrogen and oxygen atoms in total. The Morgan fingerprint density at radius 2 is 1.05 bits per heavy atom. The van der Waals surface area contributed by atoms with Gasteiger partial charge < -0.3 is 9.84 Å². The maximum absolute atomic E-state index is 12.8. The number of rotatable bonds is 18. The molecule has 0 spiro atoms. The molecule has 0 aliphatic carbocycles. The predicted molar refractivity (Wildman–Crippen MR) is 165 cm³/mol. The monoisotopic (exact) mass is 544 g/mol. The lowest BCUT2D eigenvalue weighted by Crippen LogP contribution is -2.21.